The summed E-state index contributed by atoms with van der Waals surface area (Å²) in [6.45, 7) is 2.57. The lowest BCUT2D eigenvalue weighted by atomic mass is 10.1. The number of aliphatic hydroxyl groups is 1. The Bertz CT molecular complexity index is 422. The molecule has 1 aromatic heterocycles. The highest BCUT2D eigenvalue weighted by atomic mass is 79.9. The summed E-state index contributed by atoms with van der Waals surface area (Å²) in [6.07, 6.45) is 2.11. The van der Waals surface area contributed by atoms with Crippen LogP contribution in [0.15, 0.2) is 16.7 Å². The summed E-state index contributed by atoms with van der Waals surface area (Å²) in [7, 11) is 0. The van der Waals surface area contributed by atoms with E-state index >= 15 is 0 Å². The summed E-state index contributed by atoms with van der Waals surface area (Å²) in [4.78, 5) is 17.6. The van der Waals surface area contributed by atoms with Gasteiger partial charge < -0.3 is 5.11 Å². The lowest BCUT2D eigenvalue weighted by Crippen LogP contribution is -2.25. The summed E-state index contributed by atoms with van der Waals surface area (Å²) in [5.41, 5.74) is 1.05. The van der Waals surface area contributed by atoms with Crippen molar-refractivity contribution in [1.82, 2.24) is 4.98 Å². The van der Waals surface area contributed by atoms with Gasteiger partial charge in [0.2, 0.25) is 5.91 Å². The molecular weight excluding hydrogens is 272 g/mol. The van der Waals surface area contributed by atoms with Gasteiger partial charge in [-0.05, 0) is 34.5 Å². The molecule has 5 heteroatoms. The summed E-state index contributed by atoms with van der Waals surface area (Å²) >= 11 is 3.37. The van der Waals surface area contributed by atoms with Crippen LogP contribution in [0.4, 0.5) is 5.82 Å². The van der Waals surface area contributed by atoms with Crippen LogP contribution in [0.1, 0.15) is 12.0 Å². The first-order chi connectivity index (χ1) is 7.61. The molecule has 1 saturated heterocycles. The number of halogens is 1. The van der Waals surface area contributed by atoms with Gasteiger partial charge in [-0.25, -0.2) is 4.98 Å². The average molecular weight is 285 g/mol. The second kappa shape index (κ2) is 4.51. The minimum Gasteiger partial charge on any atom is -0.396 e. The topological polar surface area (TPSA) is 53.4 Å². The van der Waals surface area contributed by atoms with Crippen LogP contribution in [0.3, 0.4) is 0 Å². The SMILES string of the molecule is Cc1cc(N2CC(CO)CC2=O)ncc1Br. The number of aryl methyl sites for hydroxylation is 1. The molecule has 2 rings (SSSR count). The molecule has 1 unspecified atom stereocenters. The van der Waals surface area contributed by atoms with Gasteiger partial charge in [0, 0.05) is 36.2 Å². The quantitative estimate of drug-likeness (QED) is 0.896. The maximum Gasteiger partial charge on any atom is 0.228 e. The molecule has 0 spiro atoms. The number of rotatable bonds is 2. The van der Waals surface area contributed by atoms with E-state index in [2.05, 4.69) is 20.9 Å². The van der Waals surface area contributed by atoms with Crippen LogP contribution in [0.5, 0.6) is 0 Å². The Hall–Kier alpha value is -0.940. The molecule has 86 valence electrons. The standard InChI is InChI=1S/C11H13BrN2O2/c1-7-2-10(13-4-9(7)12)14-5-8(6-15)3-11(14)16/h2,4,8,15H,3,5-6H2,1H3. The van der Waals surface area contributed by atoms with Crippen molar-refractivity contribution < 1.29 is 9.90 Å². The van der Waals surface area contributed by atoms with E-state index in [9.17, 15) is 4.79 Å². The molecule has 4 nitrogen and oxygen atoms in total. The molecule has 1 atom stereocenters. The third-order valence-electron chi connectivity index (χ3n) is 2.77. The predicted molar refractivity (Wildman–Crippen MR) is 64.2 cm³/mol. The molecule has 1 aliphatic heterocycles. The smallest absolute Gasteiger partial charge is 0.228 e. The van der Waals surface area contributed by atoms with E-state index in [1.807, 2.05) is 13.0 Å². The van der Waals surface area contributed by atoms with Crippen LogP contribution in [0, 0.1) is 12.8 Å². The third-order valence-corrected chi connectivity index (χ3v) is 3.60. The normalized spacial score (nSPS) is 20.6. The number of hydrogen-bond donors (Lipinski definition) is 1. The zero-order valence-corrected chi connectivity index (χ0v) is 10.6. The molecule has 1 amide bonds. The van der Waals surface area contributed by atoms with Crippen molar-refractivity contribution >= 4 is 27.7 Å². The Kier molecular flexibility index (Phi) is 3.25. The predicted octanol–water partition coefficient (Wildman–Crippen LogP) is 1.50. The van der Waals surface area contributed by atoms with Gasteiger partial charge in [0.1, 0.15) is 5.82 Å². The highest BCUT2D eigenvalue weighted by molar-refractivity contribution is 9.10. The van der Waals surface area contributed by atoms with E-state index in [1.165, 1.54) is 0 Å². The second-order valence-electron chi connectivity index (χ2n) is 4.05. The highest BCUT2D eigenvalue weighted by Gasteiger charge is 2.30. The molecule has 1 fully saturated rings. The zero-order chi connectivity index (χ0) is 11.7. The molecule has 0 radical (unpaired) electrons. The molecule has 16 heavy (non-hydrogen) atoms. The van der Waals surface area contributed by atoms with Crippen molar-refractivity contribution in [2.75, 3.05) is 18.1 Å². The molecule has 0 bridgehead atoms. The summed E-state index contributed by atoms with van der Waals surface area (Å²) in [5.74, 6) is 0.744. The Morgan fingerprint density at radius 2 is 2.44 bits per heavy atom. The van der Waals surface area contributed by atoms with Gasteiger partial charge in [-0.3, -0.25) is 9.69 Å². The number of anilines is 1. The molecule has 1 N–H and O–H groups in total. The molecule has 0 aliphatic carbocycles. The van der Waals surface area contributed by atoms with E-state index < -0.39 is 0 Å². The van der Waals surface area contributed by atoms with E-state index in [0.29, 0.717) is 18.8 Å². The first-order valence-corrected chi connectivity index (χ1v) is 5.94. The molecule has 1 aliphatic rings. The third kappa shape index (κ3) is 2.10. The molecule has 2 heterocycles. The van der Waals surface area contributed by atoms with Gasteiger partial charge in [-0.2, -0.15) is 0 Å². The van der Waals surface area contributed by atoms with E-state index in [-0.39, 0.29) is 18.4 Å². The van der Waals surface area contributed by atoms with Gasteiger partial charge in [0.25, 0.3) is 0 Å². The number of carbonyl (C=O) groups excluding carboxylic acids is 1. The van der Waals surface area contributed by atoms with Gasteiger partial charge in [0.15, 0.2) is 0 Å². The van der Waals surface area contributed by atoms with E-state index in [0.717, 1.165) is 10.0 Å². The number of carbonyl (C=O) groups is 1. The van der Waals surface area contributed by atoms with E-state index in [1.54, 1.807) is 11.1 Å². The van der Waals surface area contributed by atoms with Crippen LogP contribution in [-0.4, -0.2) is 29.1 Å². The van der Waals surface area contributed by atoms with Crippen molar-refractivity contribution in [3.05, 3.63) is 22.3 Å². The number of nitrogens with zero attached hydrogens (tertiary/aromatic N) is 2. The molecule has 0 aromatic carbocycles. The van der Waals surface area contributed by atoms with Crippen molar-refractivity contribution in [2.24, 2.45) is 5.92 Å². The number of amides is 1. The van der Waals surface area contributed by atoms with Crippen LogP contribution < -0.4 is 4.90 Å². The Morgan fingerprint density at radius 3 is 3.00 bits per heavy atom. The Labute approximate surface area is 102 Å². The van der Waals surface area contributed by atoms with Crippen LogP contribution >= 0.6 is 15.9 Å². The van der Waals surface area contributed by atoms with Crippen molar-refractivity contribution in [3.8, 4) is 0 Å². The first-order valence-electron chi connectivity index (χ1n) is 5.15. The molecular formula is C11H13BrN2O2. The van der Waals surface area contributed by atoms with E-state index in [4.69, 9.17) is 5.11 Å². The molecule has 1 aromatic rings. The summed E-state index contributed by atoms with van der Waals surface area (Å²) in [5, 5.41) is 9.04. The average Bonchev–Trinajstić information content (AvgIpc) is 2.64. The second-order valence-corrected chi connectivity index (χ2v) is 4.90. The van der Waals surface area contributed by atoms with Crippen LogP contribution in [-0.2, 0) is 4.79 Å². The fraction of sp³-hybridized carbons (Fsp3) is 0.455. The minimum atomic E-state index is 0.0354. The Balaban J connectivity index is 2.24. The Morgan fingerprint density at radius 1 is 1.69 bits per heavy atom. The van der Waals surface area contributed by atoms with Crippen molar-refractivity contribution in [1.29, 1.82) is 0 Å². The number of pyridine rings is 1. The molecule has 0 saturated carbocycles. The van der Waals surface area contributed by atoms with Gasteiger partial charge in [-0.15, -0.1) is 0 Å². The van der Waals surface area contributed by atoms with Crippen molar-refractivity contribution in [2.45, 2.75) is 13.3 Å². The van der Waals surface area contributed by atoms with Crippen LogP contribution in [0.2, 0.25) is 0 Å². The lowest BCUT2D eigenvalue weighted by molar-refractivity contribution is -0.117. The fourth-order valence-corrected chi connectivity index (χ4v) is 2.01. The zero-order valence-electron chi connectivity index (χ0n) is 8.98. The fourth-order valence-electron chi connectivity index (χ4n) is 1.80. The lowest BCUT2D eigenvalue weighted by Gasteiger charge is -2.15. The minimum absolute atomic E-state index is 0.0354. The first kappa shape index (κ1) is 11.5. The monoisotopic (exact) mass is 284 g/mol. The summed E-state index contributed by atoms with van der Waals surface area (Å²) in [6, 6.07) is 1.88. The maximum absolute atomic E-state index is 11.7. The van der Waals surface area contributed by atoms with Gasteiger partial charge in [-0.1, -0.05) is 0 Å². The largest absolute Gasteiger partial charge is 0.396 e. The van der Waals surface area contributed by atoms with Crippen molar-refractivity contribution in [3.63, 3.8) is 0 Å². The number of aliphatic hydroxyl groups excluding tert-OH is 1. The number of aromatic nitrogens is 1. The maximum atomic E-state index is 11.7. The van der Waals surface area contributed by atoms with Gasteiger partial charge in [0.05, 0.1) is 0 Å². The number of hydrogen-bond acceptors (Lipinski definition) is 3. The highest BCUT2D eigenvalue weighted by Crippen LogP contribution is 2.25. The van der Waals surface area contributed by atoms with Gasteiger partial charge >= 0.3 is 0 Å². The van der Waals surface area contributed by atoms with Crippen LogP contribution in [0.25, 0.3) is 0 Å². The summed E-state index contributed by atoms with van der Waals surface area (Å²) < 4.78 is 0.932.